The van der Waals surface area contributed by atoms with Crippen LogP contribution in [0.15, 0.2) is 30.5 Å². The minimum atomic E-state index is -3.08. The average molecular weight is 814 g/mol. The number of carbonyl (C=O) groups is 2. The summed E-state index contributed by atoms with van der Waals surface area (Å²) in [5.41, 5.74) is -2.22. The number of ether oxygens (including phenoxy) is 3. The molecule has 0 radical (unpaired) electrons. The number of rotatable bonds is 4. The molecule has 10 rings (SSSR count). The van der Waals surface area contributed by atoms with E-state index in [0.717, 1.165) is 11.3 Å². The number of aromatic nitrogens is 3. The highest BCUT2D eigenvalue weighted by Gasteiger charge is 2.50. The van der Waals surface area contributed by atoms with Crippen molar-refractivity contribution in [1.29, 1.82) is 0 Å². The standard InChI is InChI=1S/C40H41F6N7O5/c1-38-14-23(41)17-52(19-38)34-28-16-47-32(31(44)33(28)48-35(49-34)57-21-39-7-3-9-53(39)18-24(42)15-39)27-13-25(58-37(55)51-10-8-40(45,46)20-51)12-22-5-6-29(43)26(30(22)27)4-2-11-56-36(54)50-38/h5-6,12-13,16,23-24H,2-4,7-11,14-15,17-21H2,1H3,(H,50,54)/t23-,24-,38-,39+/m1/s1. The summed E-state index contributed by atoms with van der Waals surface area (Å²) in [6.07, 6.45) is -1.69. The fraction of sp³-hybridized carbons (Fsp3) is 0.525. The number of pyridine rings is 1. The Morgan fingerprint density at radius 2 is 1.86 bits per heavy atom. The lowest BCUT2D eigenvalue weighted by Gasteiger charge is -2.42. The summed E-state index contributed by atoms with van der Waals surface area (Å²) in [6, 6.07) is 5.06. The van der Waals surface area contributed by atoms with Gasteiger partial charge >= 0.3 is 18.2 Å². The third kappa shape index (κ3) is 7.06. The van der Waals surface area contributed by atoms with Crippen molar-refractivity contribution in [3.63, 3.8) is 0 Å². The summed E-state index contributed by atoms with van der Waals surface area (Å²) in [5, 5.41) is 3.39. The number of aryl methyl sites for hydroxylation is 1. The van der Waals surface area contributed by atoms with Gasteiger partial charge in [-0.3, -0.25) is 9.88 Å². The maximum atomic E-state index is 17.5. The molecule has 12 nitrogen and oxygen atoms in total. The molecule has 8 heterocycles. The third-order valence-electron chi connectivity index (χ3n) is 12.0. The largest absolute Gasteiger partial charge is 0.461 e. The topological polar surface area (TPSA) is 122 Å². The van der Waals surface area contributed by atoms with Crippen LogP contribution in [0.2, 0.25) is 0 Å². The Kier molecular flexibility index (Phi) is 9.47. The molecule has 6 bridgehead atoms. The zero-order valence-electron chi connectivity index (χ0n) is 31.6. The summed E-state index contributed by atoms with van der Waals surface area (Å²) >= 11 is 0. The Labute approximate surface area is 328 Å². The number of benzene rings is 2. The van der Waals surface area contributed by atoms with Crippen molar-refractivity contribution in [2.45, 2.75) is 81.2 Å². The smallest absolute Gasteiger partial charge is 0.415 e. The van der Waals surface area contributed by atoms with E-state index in [-0.39, 0.29) is 116 Å². The zero-order chi connectivity index (χ0) is 40.6. The first-order valence-corrected chi connectivity index (χ1v) is 19.5. The van der Waals surface area contributed by atoms with Gasteiger partial charge in [-0.05, 0) is 73.7 Å². The SMILES string of the molecule is C[C@@]12C[C@@H](F)CN(C1)c1nc(OC[C@@]34CCCN3C[C@H](F)C4)nc3c(F)c(ncc13)-c1cc(OC(=O)N3CCC(F)(F)C3)cc3ccc(F)c(c13)CCCOC(=O)N2. The van der Waals surface area contributed by atoms with Gasteiger partial charge in [0.15, 0.2) is 5.82 Å². The quantitative estimate of drug-likeness (QED) is 0.218. The molecule has 18 heteroatoms. The van der Waals surface area contributed by atoms with E-state index in [9.17, 15) is 22.8 Å². The second kappa shape index (κ2) is 14.3. The summed E-state index contributed by atoms with van der Waals surface area (Å²) in [4.78, 5) is 44.3. The summed E-state index contributed by atoms with van der Waals surface area (Å²) in [6.45, 7) is 1.30. The van der Waals surface area contributed by atoms with Crippen molar-refractivity contribution in [3.05, 3.63) is 47.7 Å². The number of hydrogen-bond donors (Lipinski definition) is 1. The van der Waals surface area contributed by atoms with Gasteiger partial charge in [-0.2, -0.15) is 9.97 Å². The van der Waals surface area contributed by atoms with Crippen LogP contribution in [0.25, 0.3) is 32.9 Å². The number of likely N-dealkylation sites (tertiary alicyclic amines) is 1. The van der Waals surface area contributed by atoms with Crippen LogP contribution < -0.4 is 19.7 Å². The monoisotopic (exact) mass is 813 g/mol. The molecule has 2 amide bonds. The van der Waals surface area contributed by atoms with Gasteiger partial charge in [-0.25, -0.2) is 35.9 Å². The maximum absolute atomic E-state index is 17.5. The fourth-order valence-corrected chi connectivity index (χ4v) is 9.49. The maximum Gasteiger partial charge on any atom is 0.415 e. The summed E-state index contributed by atoms with van der Waals surface area (Å²) in [7, 11) is 0. The molecule has 2 aromatic carbocycles. The number of anilines is 1. The van der Waals surface area contributed by atoms with Crippen LogP contribution in [0, 0.1) is 11.6 Å². The Hall–Kier alpha value is -5.13. The molecule has 4 atom stereocenters. The van der Waals surface area contributed by atoms with Gasteiger partial charge in [0, 0.05) is 50.7 Å². The predicted molar refractivity (Wildman–Crippen MR) is 199 cm³/mol. The molecule has 58 heavy (non-hydrogen) atoms. The highest BCUT2D eigenvalue weighted by Crippen LogP contribution is 2.43. The van der Waals surface area contributed by atoms with Gasteiger partial charge in [0.2, 0.25) is 0 Å². The number of nitrogens with one attached hydrogen (secondary N) is 1. The molecular weight excluding hydrogens is 772 g/mol. The van der Waals surface area contributed by atoms with Gasteiger partial charge in [-0.15, -0.1) is 0 Å². The van der Waals surface area contributed by atoms with Crippen molar-refractivity contribution in [1.82, 2.24) is 30.1 Å². The van der Waals surface area contributed by atoms with Crippen LogP contribution in [0.5, 0.6) is 11.8 Å². The lowest BCUT2D eigenvalue weighted by molar-refractivity contribution is 0.0134. The number of halogens is 6. The lowest BCUT2D eigenvalue weighted by Crippen LogP contribution is -2.60. The molecule has 4 fully saturated rings. The van der Waals surface area contributed by atoms with E-state index >= 15 is 13.2 Å². The van der Waals surface area contributed by atoms with Crippen LogP contribution >= 0.6 is 0 Å². The van der Waals surface area contributed by atoms with Gasteiger partial charge in [0.05, 0.1) is 36.2 Å². The molecule has 6 aliphatic heterocycles. The van der Waals surface area contributed by atoms with Gasteiger partial charge < -0.3 is 29.3 Å². The first-order chi connectivity index (χ1) is 27.7. The highest BCUT2D eigenvalue weighted by molar-refractivity contribution is 6.02. The van der Waals surface area contributed by atoms with Crippen molar-refractivity contribution in [3.8, 4) is 23.0 Å². The molecule has 4 aromatic rings. The first-order valence-electron chi connectivity index (χ1n) is 19.5. The van der Waals surface area contributed by atoms with Crippen LogP contribution in [-0.4, -0.2) is 119 Å². The molecular formula is C40H41F6N7O5. The third-order valence-corrected chi connectivity index (χ3v) is 12.0. The number of alkyl halides is 4. The van der Waals surface area contributed by atoms with Crippen molar-refractivity contribution in [2.75, 3.05) is 57.4 Å². The molecule has 2 aromatic heterocycles. The normalized spacial score (nSPS) is 27.2. The van der Waals surface area contributed by atoms with Crippen LogP contribution in [0.4, 0.5) is 41.7 Å². The molecule has 0 spiro atoms. The Balaban J connectivity index is 1.21. The second-order valence-electron chi connectivity index (χ2n) is 16.5. The van der Waals surface area contributed by atoms with Crippen LogP contribution in [-0.2, 0) is 11.2 Å². The predicted octanol–water partition coefficient (Wildman–Crippen LogP) is 6.90. The minimum Gasteiger partial charge on any atom is -0.461 e. The molecule has 308 valence electrons. The Morgan fingerprint density at radius 3 is 2.67 bits per heavy atom. The number of hydrogen-bond acceptors (Lipinski definition) is 10. The molecule has 0 aliphatic carbocycles. The van der Waals surface area contributed by atoms with E-state index in [1.54, 1.807) is 11.8 Å². The fourth-order valence-electron chi connectivity index (χ4n) is 9.49. The van der Waals surface area contributed by atoms with Crippen LogP contribution in [0.3, 0.4) is 0 Å². The van der Waals surface area contributed by atoms with E-state index in [2.05, 4.69) is 20.3 Å². The van der Waals surface area contributed by atoms with Gasteiger partial charge in [0.25, 0.3) is 5.92 Å². The van der Waals surface area contributed by atoms with Crippen molar-refractivity contribution >= 4 is 39.7 Å². The summed E-state index contributed by atoms with van der Waals surface area (Å²) in [5.74, 6) is -4.76. The Bertz CT molecular complexity index is 2320. The van der Waals surface area contributed by atoms with E-state index in [1.807, 2.05) is 4.90 Å². The number of carbonyl (C=O) groups excluding carboxylic acids is 2. The van der Waals surface area contributed by atoms with Crippen LogP contribution in [0.1, 0.15) is 51.0 Å². The molecule has 0 unspecified atom stereocenters. The van der Waals surface area contributed by atoms with Crippen molar-refractivity contribution < 1.29 is 50.1 Å². The van der Waals surface area contributed by atoms with E-state index in [4.69, 9.17) is 14.2 Å². The molecule has 4 saturated heterocycles. The number of amides is 2. The minimum absolute atomic E-state index is 0.00126. The average Bonchev–Trinajstić information content (AvgIpc) is 3.82. The van der Waals surface area contributed by atoms with Gasteiger partial charge in [0.1, 0.15) is 47.5 Å². The zero-order valence-corrected chi connectivity index (χ0v) is 31.6. The highest BCUT2D eigenvalue weighted by atomic mass is 19.3. The van der Waals surface area contributed by atoms with E-state index in [0.29, 0.717) is 18.4 Å². The molecule has 6 aliphatic rings. The van der Waals surface area contributed by atoms with E-state index in [1.165, 1.54) is 30.5 Å². The summed E-state index contributed by atoms with van der Waals surface area (Å²) < 4.78 is 109. The lowest BCUT2D eigenvalue weighted by atomic mass is 9.90. The van der Waals surface area contributed by atoms with Crippen molar-refractivity contribution in [2.24, 2.45) is 0 Å². The number of fused-ring (bicyclic) bond motifs is 7. The molecule has 0 saturated carbocycles. The first kappa shape index (κ1) is 38.4. The van der Waals surface area contributed by atoms with E-state index < -0.39 is 66.1 Å². The number of alkyl carbamates (subject to hydrolysis) is 1. The number of piperidine rings is 1. The number of nitrogens with zero attached hydrogens (tertiary/aromatic N) is 6. The second-order valence-corrected chi connectivity index (χ2v) is 16.5. The Morgan fingerprint density at radius 1 is 1.03 bits per heavy atom. The van der Waals surface area contributed by atoms with Gasteiger partial charge in [-0.1, -0.05) is 6.07 Å². The molecule has 1 N–H and O–H groups in total.